The molecule has 1 atom stereocenters. The van der Waals surface area contributed by atoms with Gasteiger partial charge in [-0.25, -0.2) is 0 Å². The molecule has 0 aliphatic heterocycles. The van der Waals surface area contributed by atoms with Gasteiger partial charge < -0.3 is 0 Å². The van der Waals surface area contributed by atoms with Crippen LogP contribution in [0.1, 0.15) is 10.6 Å². The molecule has 0 saturated heterocycles. The Kier molecular flexibility index (Phi) is 3.63. The van der Waals surface area contributed by atoms with E-state index in [4.69, 9.17) is 23.2 Å². The normalized spacial score (nSPS) is 13.4. The van der Waals surface area contributed by atoms with Crippen LogP contribution in [-0.2, 0) is 0 Å². The zero-order chi connectivity index (χ0) is 9.14. The van der Waals surface area contributed by atoms with Crippen LogP contribution in [0, 0.1) is 0 Å². The zero-order valence-corrected chi connectivity index (χ0v) is 9.89. The Balaban J connectivity index is 2.82. The first-order valence-corrected chi connectivity index (χ1v) is 7.80. The third-order valence-electron chi connectivity index (χ3n) is 1.77. The molecule has 1 unspecified atom stereocenters. The zero-order valence-electron chi connectivity index (χ0n) is 7.22. The maximum absolute atomic E-state index is 6.21. The van der Waals surface area contributed by atoms with Gasteiger partial charge in [0.05, 0.1) is 8.80 Å². The number of halogens is 2. The molecule has 0 spiro atoms. The van der Waals surface area contributed by atoms with Crippen LogP contribution < -0.4 is 0 Å². The van der Waals surface area contributed by atoms with Crippen LogP contribution in [0.25, 0.3) is 0 Å². The van der Waals surface area contributed by atoms with Gasteiger partial charge in [0.1, 0.15) is 0 Å². The fraction of sp³-hybridized carbons (Fsp3) is 0.333. The van der Waals surface area contributed by atoms with Crippen LogP contribution in [0.5, 0.6) is 0 Å². The minimum Gasteiger partial charge on any atom is -0.122 e. The largest absolute Gasteiger partial charge is 0.122 e. The summed E-state index contributed by atoms with van der Waals surface area (Å²) in [5.41, 5.74) is 1.20. The van der Waals surface area contributed by atoms with E-state index in [9.17, 15) is 0 Å². The number of hydrogen-bond acceptors (Lipinski definition) is 0. The summed E-state index contributed by atoms with van der Waals surface area (Å²) in [5, 5.41) is 0.996. The minimum absolute atomic E-state index is 0.224. The van der Waals surface area contributed by atoms with Gasteiger partial charge in [-0.2, -0.15) is 0 Å². The molecule has 3 heteroatoms. The van der Waals surface area contributed by atoms with Crippen LogP contribution in [0.2, 0.25) is 18.1 Å². The summed E-state index contributed by atoms with van der Waals surface area (Å²) in [6, 6.07) is 7.80. The summed E-state index contributed by atoms with van der Waals surface area (Å²) in [7, 11) is -0.785. The molecular weight excluding hydrogens is 207 g/mol. The fourth-order valence-corrected chi connectivity index (χ4v) is 2.30. The van der Waals surface area contributed by atoms with E-state index in [1.165, 1.54) is 5.56 Å². The Morgan fingerprint density at radius 2 is 1.67 bits per heavy atom. The highest BCUT2D eigenvalue weighted by Gasteiger charge is 2.12. The summed E-state index contributed by atoms with van der Waals surface area (Å²) >= 11 is 12.0. The quantitative estimate of drug-likeness (QED) is 0.526. The second-order valence-corrected chi connectivity index (χ2v) is 7.68. The molecule has 0 saturated carbocycles. The van der Waals surface area contributed by atoms with Crippen molar-refractivity contribution in [2.45, 2.75) is 18.1 Å². The molecule has 0 nitrogen and oxygen atoms in total. The van der Waals surface area contributed by atoms with Crippen molar-refractivity contribution in [2.75, 3.05) is 0 Å². The van der Waals surface area contributed by atoms with Crippen LogP contribution in [0.4, 0.5) is 0 Å². The summed E-state index contributed by atoms with van der Waals surface area (Å²) in [6.45, 7) is 4.48. The van der Waals surface area contributed by atoms with Crippen molar-refractivity contribution in [1.29, 1.82) is 0 Å². The predicted molar refractivity (Wildman–Crippen MR) is 58.9 cm³/mol. The lowest BCUT2D eigenvalue weighted by atomic mass is 10.2. The molecule has 1 aromatic carbocycles. The van der Waals surface area contributed by atoms with Gasteiger partial charge in [0, 0.05) is 10.0 Å². The van der Waals surface area contributed by atoms with E-state index in [1.54, 1.807) is 0 Å². The lowest BCUT2D eigenvalue weighted by molar-refractivity contribution is 1.30. The first kappa shape index (κ1) is 10.1. The highest BCUT2D eigenvalue weighted by atomic mass is 35.5. The van der Waals surface area contributed by atoms with Crippen molar-refractivity contribution in [2.24, 2.45) is 0 Å². The van der Waals surface area contributed by atoms with Crippen molar-refractivity contribution in [1.82, 2.24) is 0 Å². The van der Waals surface area contributed by atoms with Crippen molar-refractivity contribution in [3.63, 3.8) is 0 Å². The Morgan fingerprint density at radius 3 is 2.08 bits per heavy atom. The maximum atomic E-state index is 6.21. The summed E-state index contributed by atoms with van der Waals surface area (Å²) in [4.78, 5) is 0. The summed E-state index contributed by atoms with van der Waals surface area (Å²) < 4.78 is 0. The van der Waals surface area contributed by atoms with Crippen LogP contribution in [-0.4, -0.2) is 8.80 Å². The van der Waals surface area contributed by atoms with Gasteiger partial charge in [-0.3, -0.25) is 0 Å². The Morgan fingerprint density at radius 1 is 1.17 bits per heavy atom. The van der Waals surface area contributed by atoms with E-state index in [-0.39, 0.29) is 5.00 Å². The third-order valence-corrected chi connectivity index (χ3v) is 5.35. The van der Waals surface area contributed by atoms with Crippen molar-refractivity contribution in [3.8, 4) is 0 Å². The minimum atomic E-state index is -0.785. The second kappa shape index (κ2) is 4.31. The number of hydrogen-bond donors (Lipinski definition) is 0. The molecule has 12 heavy (non-hydrogen) atoms. The van der Waals surface area contributed by atoms with Crippen molar-refractivity contribution >= 4 is 32.0 Å². The van der Waals surface area contributed by atoms with Gasteiger partial charge in [0.15, 0.2) is 0 Å². The van der Waals surface area contributed by atoms with Gasteiger partial charge >= 0.3 is 0 Å². The molecule has 66 valence electrons. The standard InChI is InChI=1S/C9H12Cl2Si/c1-12(2)9(11)7-3-5-8(10)6-4-7/h3-6,9,12H,1-2H3. The lowest BCUT2D eigenvalue weighted by Gasteiger charge is -2.11. The Hall–Kier alpha value is 0.0169. The number of alkyl halides is 1. The Bertz CT molecular complexity index is 243. The average Bonchev–Trinajstić information content (AvgIpc) is 2.04. The molecule has 0 heterocycles. The van der Waals surface area contributed by atoms with Gasteiger partial charge in [-0.1, -0.05) is 36.8 Å². The van der Waals surface area contributed by atoms with E-state index in [2.05, 4.69) is 13.1 Å². The van der Waals surface area contributed by atoms with E-state index in [1.807, 2.05) is 24.3 Å². The molecule has 0 aromatic heterocycles. The first-order chi connectivity index (χ1) is 5.61. The van der Waals surface area contributed by atoms with E-state index in [0.29, 0.717) is 0 Å². The molecule has 1 rings (SSSR count). The number of benzene rings is 1. The molecule has 1 aromatic rings. The second-order valence-electron chi connectivity index (χ2n) is 3.20. The van der Waals surface area contributed by atoms with Crippen LogP contribution in [0.15, 0.2) is 24.3 Å². The van der Waals surface area contributed by atoms with E-state index in [0.717, 1.165) is 5.02 Å². The highest BCUT2D eigenvalue weighted by molar-refractivity contribution is 6.66. The predicted octanol–water partition coefficient (Wildman–Crippen LogP) is 3.65. The van der Waals surface area contributed by atoms with Crippen molar-refractivity contribution in [3.05, 3.63) is 34.9 Å². The van der Waals surface area contributed by atoms with Gasteiger partial charge in [-0.05, 0) is 17.7 Å². The van der Waals surface area contributed by atoms with E-state index >= 15 is 0 Å². The lowest BCUT2D eigenvalue weighted by Crippen LogP contribution is -2.09. The van der Waals surface area contributed by atoms with Crippen LogP contribution in [0.3, 0.4) is 0 Å². The van der Waals surface area contributed by atoms with Gasteiger partial charge in [0.25, 0.3) is 0 Å². The summed E-state index contributed by atoms with van der Waals surface area (Å²) in [6.07, 6.45) is 0. The number of rotatable bonds is 2. The summed E-state index contributed by atoms with van der Waals surface area (Å²) in [5.74, 6) is 0. The van der Waals surface area contributed by atoms with Gasteiger partial charge in [0.2, 0.25) is 0 Å². The molecular formula is C9H12Cl2Si. The van der Waals surface area contributed by atoms with Gasteiger partial charge in [-0.15, -0.1) is 11.6 Å². The monoisotopic (exact) mass is 218 g/mol. The third kappa shape index (κ3) is 2.51. The average molecular weight is 219 g/mol. The fourth-order valence-electron chi connectivity index (χ4n) is 1.03. The smallest absolute Gasteiger partial charge is 0.0575 e. The molecule has 0 amide bonds. The van der Waals surface area contributed by atoms with E-state index < -0.39 is 8.80 Å². The maximum Gasteiger partial charge on any atom is 0.0575 e. The molecule has 0 radical (unpaired) electrons. The molecule has 0 N–H and O–H groups in total. The first-order valence-electron chi connectivity index (χ1n) is 4.01. The molecule has 0 aliphatic carbocycles. The SMILES string of the molecule is C[SiH](C)C(Cl)c1ccc(Cl)cc1. The molecule has 0 fully saturated rings. The van der Waals surface area contributed by atoms with Crippen LogP contribution >= 0.6 is 23.2 Å². The highest BCUT2D eigenvalue weighted by Crippen LogP contribution is 2.24. The molecule has 0 aliphatic rings. The Labute approximate surface area is 85.1 Å². The van der Waals surface area contributed by atoms with Crippen molar-refractivity contribution < 1.29 is 0 Å². The topological polar surface area (TPSA) is 0 Å². The molecule has 0 bridgehead atoms.